The Bertz CT molecular complexity index is 1340. The number of carbonyl (C=O) groups is 1. The lowest BCUT2D eigenvalue weighted by atomic mass is 10.1. The third kappa shape index (κ3) is 5.71. The molecule has 1 amide bonds. The number of rotatable bonds is 7. The number of hydrogen-bond acceptors (Lipinski definition) is 5. The Morgan fingerprint density at radius 3 is 1.94 bits per heavy atom. The van der Waals surface area contributed by atoms with Crippen LogP contribution in [0.5, 0.6) is 0 Å². The van der Waals surface area contributed by atoms with Gasteiger partial charge in [0.2, 0.25) is 15.9 Å². The van der Waals surface area contributed by atoms with Crippen molar-refractivity contribution in [3.05, 3.63) is 72.8 Å². The van der Waals surface area contributed by atoms with Crippen molar-refractivity contribution in [3.8, 4) is 0 Å². The summed E-state index contributed by atoms with van der Waals surface area (Å²) < 4.78 is 27.2. The zero-order valence-corrected chi connectivity index (χ0v) is 19.9. The number of fused-ring (bicyclic) bond motifs is 2. The number of nitrogens with zero attached hydrogens (tertiary/aromatic N) is 2. The Hall–Kier alpha value is -3.36. The van der Waals surface area contributed by atoms with Crippen LogP contribution in [0.15, 0.2) is 72.8 Å². The van der Waals surface area contributed by atoms with Gasteiger partial charge >= 0.3 is 0 Å². The molecule has 9 heteroatoms. The largest absolute Gasteiger partial charge is 0.354 e. The average molecular weight is 485 g/mol. The standard InChI is InChI=1S/C24H24N4O3S.ClH/c1-17(29)28(2)15-16-32(30,31)27-19-13-11-18(12-14-19)25-24-20-7-3-5-9-22(20)26-23-10-6-4-8-21(23)24;/h3-14,27H,15-16H2,1-2H3,(H,25,26);1H. The molecule has 33 heavy (non-hydrogen) atoms. The number of nitrogens with one attached hydrogen (secondary N) is 2. The highest BCUT2D eigenvalue weighted by atomic mass is 35.5. The lowest BCUT2D eigenvalue weighted by Crippen LogP contribution is -2.31. The summed E-state index contributed by atoms with van der Waals surface area (Å²) in [6.45, 7) is 1.54. The molecule has 4 rings (SSSR count). The van der Waals surface area contributed by atoms with Gasteiger partial charge in [0.1, 0.15) is 0 Å². The topological polar surface area (TPSA) is 91.4 Å². The first kappa shape index (κ1) is 24.3. The number of sulfonamides is 1. The van der Waals surface area contributed by atoms with Crippen molar-refractivity contribution in [1.82, 2.24) is 9.88 Å². The van der Waals surface area contributed by atoms with Crippen molar-refractivity contribution in [2.45, 2.75) is 6.92 Å². The first-order chi connectivity index (χ1) is 15.3. The maximum Gasteiger partial charge on any atom is 0.234 e. The number of aromatic nitrogens is 1. The monoisotopic (exact) mass is 484 g/mol. The third-order valence-electron chi connectivity index (χ3n) is 5.25. The second kappa shape index (κ2) is 10.1. The van der Waals surface area contributed by atoms with Crippen LogP contribution >= 0.6 is 12.4 Å². The zero-order valence-electron chi connectivity index (χ0n) is 18.3. The van der Waals surface area contributed by atoms with Crippen molar-refractivity contribution in [3.63, 3.8) is 0 Å². The molecule has 0 radical (unpaired) electrons. The van der Waals surface area contributed by atoms with E-state index in [0.29, 0.717) is 5.69 Å². The summed E-state index contributed by atoms with van der Waals surface area (Å²) in [5.41, 5.74) is 4.03. The van der Waals surface area contributed by atoms with Gasteiger partial charge in [0.25, 0.3) is 0 Å². The maximum atomic E-state index is 12.3. The van der Waals surface area contributed by atoms with Gasteiger partial charge in [-0.3, -0.25) is 9.52 Å². The molecule has 0 aliphatic rings. The SMILES string of the molecule is CC(=O)N(C)CCS(=O)(=O)Nc1ccc(Nc2c3ccccc3nc3ccccc23)cc1.Cl. The van der Waals surface area contributed by atoms with Crippen LogP contribution in [0.25, 0.3) is 21.8 Å². The van der Waals surface area contributed by atoms with Crippen LogP contribution in [0.4, 0.5) is 17.1 Å². The summed E-state index contributed by atoms with van der Waals surface area (Å²) in [5, 5.41) is 5.48. The number of hydrogen-bond donors (Lipinski definition) is 2. The predicted molar refractivity (Wildman–Crippen MR) is 137 cm³/mol. The Labute approximate surface area is 199 Å². The van der Waals surface area contributed by atoms with E-state index < -0.39 is 10.0 Å². The Kier molecular flexibility index (Phi) is 7.40. The quantitative estimate of drug-likeness (QED) is 0.368. The van der Waals surface area contributed by atoms with Gasteiger partial charge in [0.15, 0.2) is 0 Å². The van der Waals surface area contributed by atoms with Crippen LogP contribution < -0.4 is 10.0 Å². The molecular formula is C24H25ClN4O3S. The van der Waals surface area contributed by atoms with E-state index in [4.69, 9.17) is 4.98 Å². The van der Waals surface area contributed by atoms with Crippen LogP contribution in [0.2, 0.25) is 0 Å². The molecule has 1 heterocycles. The smallest absolute Gasteiger partial charge is 0.234 e. The van der Waals surface area contributed by atoms with Crippen LogP contribution in [0, 0.1) is 0 Å². The number of halogens is 1. The van der Waals surface area contributed by atoms with Gasteiger partial charge in [-0.05, 0) is 36.4 Å². The zero-order chi connectivity index (χ0) is 22.7. The lowest BCUT2D eigenvalue weighted by molar-refractivity contribution is -0.127. The fraction of sp³-hybridized carbons (Fsp3) is 0.167. The molecule has 3 aromatic carbocycles. The average Bonchev–Trinajstić information content (AvgIpc) is 2.78. The highest BCUT2D eigenvalue weighted by Gasteiger charge is 2.14. The molecule has 0 saturated heterocycles. The van der Waals surface area contributed by atoms with E-state index in [1.165, 1.54) is 11.8 Å². The summed E-state index contributed by atoms with van der Waals surface area (Å²) in [6.07, 6.45) is 0. The molecule has 0 atom stereocenters. The lowest BCUT2D eigenvalue weighted by Gasteiger charge is -2.16. The van der Waals surface area contributed by atoms with Gasteiger partial charge in [-0.2, -0.15) is 0 Å². The van der Waals surface area contributed by atoms with Crippen molar-refractivity contribution in [2.75, 3.05) is 29.4 Å². The number of amides is 1. The molecule has 1 aromatic heterocycles. The summed E-state index contributed by atoms with van der Waals surface area (Å²) in [5.74, 6) is -0.343. The minimum atomic E-state index is -3.57. The van der Waals surface area contributed by atoms with E-state index in [9.17, 15) is 13.2 Å². The second-order valence-corrected chi connectivity index (χ2v) is 9.43. The first-order valence-electron chi connectivity index (χ1n) is 10.2. The molecule has 0 saturated carbocycles. The number of anilines is 3. The first-order valence-corrected chi connectivity index (χ1v) is 11.8. The van der Waals surface area contributed by atoms with Crippen LogP contribution in [0.1, 0.15) is 6.92 Å². The highest BCUT2D eigenvalue weighted by molar-refractivity contribution is 7.92. The molecule has 0 bridgehead atoms. The van der Waals surface area contributed by atoms with E-state index in [2.05, 4.69) is 10.0 Å². The van der Waals surface area contributed by atoms with Crippen molar-refractivity contribution >= 4 is 67.2 Å². The van der Waals surface area contributed by atoms with Gasteiger partial charge in [-0.1, -0.05) is 36.4 Å². The molecule has 7 nitrogen and oxygen atoms in total. The Morgan fingerprint density at radius 2 is 1.39 bits per heavy atom. The van der Waals surface area contributed by atoms with E-state index in [0.717, 1.165) is 33.2 Å². The Balaban J connectivity index is 0.00000306. The fourth-order valence-electron chi connectivity index (χ4n) is 3.39. The molecule has 0 unspecified atom stereocenters. The number of benzene rings is 3. The Morgan fingerprint density at radius 1 is 0.879 bits per heavy atom. The van der Waals surface area contributed by atoms with Gasteiger partial charge < -0.3 is 10.2 Å². The number of carbonyl (C=O) groups excluding carboxylic acids is 1. The van der Waals surface area contributed by atoms with E-state index in [-0.39, 0.29) is 30.6 Å². The molecule has 0 spiro atoms. The molecule has 4 aromatic rings. The summed E-state index contributed by atoms with van der Waals surface area (Å²) in [7, 11) is -1.99. The summed E-state index contributed by atoms with van der Waals surface area (Å²) >= 11 is 0. The van der Waals surface area contributed by atoms with Crippen LogP contribution in [-0.2, 0) is 14.8 Å². The van der Waals surface area contributed by atoms with E-state index in [1.807, 2.05) is 60.7 Å². The van der Waals surface area contributed by atoms with Gasteiger partial charge in [-0.25, -0.2) is 13.4 Å². The van der Waals surface area contributed by atoms with Gasteiger partial charge in [0.05, 0.1) is 22.5 Å². The molecule has 172 valence electrons. The maximum absolute atomic E-state index is 12.3. The molecule has 0 fully saturated rings. The van der Waals surface area contributed by atoms with E-state index >= 15 is 0 Å². The third-order valence-corrected chi connectivity index (χ3v) is 6.51. The number of para-hydroxylation sites is 2. The van der Waals surface area contributed by atoms with Gasteiger partial charge in [0, 0.05) is 42.7 Å². The predicted octanol–water partition coefficient (Wildman–Crippen LogP) is 4.77. The normalized spacial score (nSPS) is 11.1. The van der Waals surface area contributed by atoms with Gasteiger partial charge in [-0.15, -0.1) is 12.4 Å². The molecule has 2 N–H and O–H groups in total. The van der Waals surface area contributed by atoms with Crippen molar-refractivity contribution in [2.24, 2.45) is 0 Å². The minimum absolute atomic E-state index is 0. The summed E-state index contributed by atoms with van der Waals surface area (Å²) in [6, 6.07) is 23.0. The molecule has 0 aliphatic heterocycles. The fourth-order valence-corrected chi connectivity index (χ4v) is 4.50. The highest BCUT2D eigenvalue weighted by Crippen LogP contribution is 2.33. The van der Waals surface area contributed by atoms with Crippen LogP contribution in [0.3, 0.4) is 0 Å². The van der Waals surface area contributed by atoms with Crippen molar-refractivity contribution in [1.29, 1.82) is 0 Å². The van der Waals surface area contributed by atoms with Crippen molar-refractivity contribution < 1.29 is 13.2 Å². The van der Waals surface area contributed by atoms with Crippen LogP contribution in [-0.4, -0.2) is 43.6 Å². The molecule has 0 aliphatic carbocycles. The number of pyridine rings is 1. The minimum Gasteiger partial charge on any atom is -0.354 e. The molecular weight excluding hydrogens is 460 g/mol. The van der Waals surface area contributed by atoms with E-state index in [1.54, 1.807) is 19.2 Å². The summed E-state index contributed by atoms with van der Waals surface area (Å²) in [4.78, 5) is 17.4. The second-order valence-electron chi connectivity index (χ2n) is 7.58.